The van der Waals surface area contributed by atoms with Crippen LogP contribution in [-0.2, 0) is 9.53 Å². The molecule has 0 spiro atoms. The van der Waals surface area contributed by atoms with Crippen molar-refractivity contribution in [2.75, 3.05) is 36.8 Å². The normalized spacial score (nSPS) is 23.5. The summed E-state index contributed by atoms with van der Waals surface area (Å²) in [5.74, 6) is 1.93. The van der Waals surface area contributed by atoms with E-state index in [0.717, 1.165) is 42.0 Å². The summed E-state index contributed by atoms with van der Waals surface area (Å²) in [4.78, 5) is 44.6. The Bertz CT molecular complexity index is 1090. The molecule has 0 unspecified atom stereocenters. The van der Waals surface area contributed by atoms with Crippen LogP contribution in [0.25, 0.3) is 11.0 Å². The molecule has 2 saturated heterocycles. The van der Waals surface area contributed by atoms with E-state index in [0.29, 0.717) is 30.5 Å². The minimum Gasteiger partial charge on any atom is -0.444 e. The molecule has 5 rings (SSSR count). The van der Waals surface area contributed by atoms with Crippen molar-refractivity contribution in [2.24, 2.45) is 5.92 Å². The predicted molar refractivity (Wildman–Crippen MR) is 128 cm³/mol. The molecule has 5 heterocycles. The van der Waals surface area contributed by atoms with E-state index >= 15 is 0 Å². The van der Waals surface area contributed by atoms with E-state index in [1.54, 1.807) is 18.1 Å². The number of H-pyrrole nitrogens is 1. The number of rotatable bonds is 2. The third kappa shape index (κ3) is 4.40. The third-order valence-corrected chi connectivity index (χ3v) is 7.35. The van der Waals surface area contributed by atoms with Crippen molar-refractivity contribution < 1.29 is 14.3 Å². The van der Waals surface area contributed by atoms with Gasteiger partial charge < -0.3 is 24.4 Å². The zero-order valence-electron chi connectivity index (χ0n) is 19.3. The first-order chi connectivity index (χ1) is 15.8. The molecule has 0 bridgehead atoms. The van der Waals surface area contributed by atoms with E-state index in [9.17, 15) is 9.59 Å². The van der Waals surface area contributed by atoms with Gasteiger partial charge in [0.1, 0.15) is 23.4 Å². The summed E-state index contributed by atoms with van der Waals surface area (Å²) in [6, 6.07) is 1.97. The van der Waals surface area contributed by atoms with Crippen LogP contribution in [0.1, 0.15) is 33.6 Å². The lowest BCUT2D eigenvalue weighted by molar-refractivity contribution is -0.125. The number of nitrogens with one attached hydrogen (secondary N) is 1. The number of nitrogens with zero attached hydrogens (tertiary/aromatic N) is 5. The lowest BCUT2D eigenvalue weighted by Gasteiger charge is -2.37. The smallest absolute Gasteiger partial charge is 0.410 e. The van der Waals surface area contributed by atoms with Crippen molar-refractivity contribution in [1.29, 1.82) is 0 Å². The highest BCUT2D eigenvalue weighted by Gasteiger charge is 2.44. The zero-order valence-corrected chi connectivity index (χ0v) is 20.1. The van der Waals surface area contributed by atoms with Gasteiger partial charge in [0.25, 0.3) is 5.91 Å². The summed E-state index contributed by atoms with van der Waals surface area (Å²) in [7, 11) is 0. The van der Waals surface area contributed by atoms with Crippen LogP contribution in [0.4, 0.5) is 10.6 Å². The largest absolute Gasteiger partial charge is 0.444 e. The Kier molecular flexibility index (Phi) is 5.72. The van der Waals surface area contributed by atoms with Gasteiger partial charge in [0, 0.05) is 44.3 Å². The van der Waals surface area contributed by atoms with Gasteiger partial charge in [-0.3, -0.25) is 4.79 Å². The van der Waals surface area contributed by atoms with Crippen molar-refractivity contribution in [2.45, 2.75) is 45.3 Å². The summed E-state index contributed by atoms with van der Waals surface area (Å²) in [5.41, 5.74) is 0.252. The summed E-state index contributed by atoms with van der Waals surface area (Å²) in [6.45, 7) is 8.34. The zero-order chi connectivity index (χ0) is 23.2. The van der Waals surface area contributed by atoms with Gasteiger partial charge in [-0.25, -0.2) is 14.8 Å². The number of likely N-dealkylation sites (tertiary alicyclic amines) is 2. The SMILES string of the molecule is CC(C)(C)OC(=O)N1CCC[C@H]2CN(C(=O)C3=CN(c4ncnc5[nH]ccc45)CCS3)C[C@H]21. The van der Waals surface area contributed by atoms with Gasteiger partial charge in [0.05, 0.1) is 16.3 Å². The molecular weight excluding hydrogens is 440 g/mol. The van der Waals surface area contributed by atoms with Crippen LogP contribution >= 0.6 is 11.8 Å². The van der Waals surface area contributed by atoms with E-state index in [-0.39, 0.29) is 18.0 Å². The lowest BCUT2D eigenvalue weighted by Crippen LogP contribution is -2.50. The van der Waals surface area contributed by atoms with Crippen LogP contribution in [0.3, 0.4) is 0 Å². The van der Waals surface area contributed by atoms with Crippen LogP contribution in [-0.4, -0.2) is 80.3 Å². The Morgan fingerprint density at radius 1 is 1.21 bits per heavy atom. The molecule has 2 fully saturated rings. The molecule has 2 aromatic heterocycles. The molecule has 2 aromatic rings. The monoisotopic (exact) mass is 470 g/mol. The van der Waals surface area contributed by atoms with Gasteiger partial charge in [-0.15, -0.1) is 11.8 Å². The highest BCUT2D eigenvalue weighted by molar-refractivity contribution is 8.04. The Labute approximate surface area is 197 Å². The molecule has 3 aliphatic heterocycles. The Hall–Kier alpha value is -2.75. The number of amides is 2. The number of hydrogen-bond donors (Lipinski definition) is 1. The maximum Gasteiger partial charge on any atom is 0.410 e. The summed E-state index contributed by atoms with van der Waals surface area (Å²) >= 11 is 1.58. The summed E-state index contributed by atoms with van der Waals surface area (Å²) in [6.07, 6.45) is 7.00. The number of anilines is 1. The summed E-state index contributed by atoms with van der Waals surface area (Å²) < 4.78 is 5.64. The van der Waals surface area contributed by atoms with E-state index in [1.165, 1.54) is 0 Å². The molecule has 9 nitrogen and oxygen atoms in total. The van der Waals surface area contributed by atoms with Crippen molar-refractivity contribution >= 4 is 40.6 Å². The Morgan fingerprint density at radius 2 is 2.06 bits per heavy atom. The number of thioether (sulfide) groups is 1. The molecule has 3 aliphatic rings. The van der Waals surface area contributed by atoms with Crippen LogP contribution in [0, 0.1) is 5.92 Å². The fourth-order valence-corrected chi connectivity index (χ4v) is 5.88. The number of hydrogen-bond acceptors (Lipinski definition) is 7. The van der Waals surface area contributed by atoms with Crippen LogP contribution < -0.4 is 4.90 Å². The minimum absolute atomic E-state index is 0.0178. The lowest BCUT2D eigenvalue weighted by atomic mass is 9.92. The van der Waals surface area contributed by atoms with E-state index in [4.69, 9.17) is 4.74 Å². The molecule has 0 radical (unpaired) electrons. The van der Waals surface area contributed by atoms with Crippen molar-refractivity contribution in [3.8, 4) is 0 Å². The van der Waals surface area contributed by atoms with E-state index in [2.05, 4.69) is 15.0 Å². The second-order valence-electron chi connectivity index (χ2n) is 9.83. The first-order valence-electron chi connectivity index (χ1n) is 11.5. The molecule has 0 aromatic carbocycles. The van der Waals surface area contributed by atoms with Crippen molar-refractivity contribution in [3.63, 3.8) is 0 Å². The highest BCUT2D eigenvalue weighted by atomic mass is 32.2. The third-order valence-electron chi connectivity index (χ3n) is 6.37. The molecule has 10 heteroatoms. The average molecular weight is 471 g/mol. The fourth-order valence-electron chi connectivity index (χ4n) is 4.92. The number of aromatic nitrogens is 3. The maximum absolute atomic E-state index is 13.5. The standard InChI is InChI=1S/C23H30N6O3S/c1-23(2,3)32-22(31)29-8-4-5-15-11-28(12-17(15)29)21(30)18-13-27(9-10-33-18)20-16-6-7-24-19(16)25-14-26-20/h6-7,13-15,17H,4-5,8-12H2,1-3H3,(H,24,25,26)/t15-,17+/m0/s1. The number of aromatic amines is 1. The molecular formula is C23H30N6O3S. The van der Waals surface area contributed by atoms with Gasteiger partial charge in [0.2, 0.25) is 0 Å². The van der Waals surface area contributed by atoms with Crippen LogP contribution in [0.2, 0.25) is 0 Å². The Morgan fingerprint density at radius 3 is 2.88 bits per heavy atom. The summed E-state index contributed by atoms with van der Waals surface area (Å²) in [5, 5.41) is 0.938. The average Bonchev–Trinajstić information content (AvgIpc) is 3.44. The number of piperidine rings is 1. The molecule has 0 saturated carbocycles. The fraction of sp³-hybridized carbons (Fsp3) is 0.565. The predicted octanol–water partition coefficient (Wildman–Crippen LogP) is 3.21. The molecule has 1 N–H and O–H groups in total. The second kappa shape index (κ2) is 8.55. The molecule has 176 valence electrons. The van der Waals surface area contributed by atoms with Crippen LogP contribution in [0.15, 0.2) is 29.7 Å². The van der Waals surface area contributed by atoms with Gasteiger partial charge in [-0.2, -0.15) is 0 Å². The molecule has 2 amide bonds. The van der Waals surface area contributed by atoms with Gasteiger partial charge >= 0.3 is 6.09 Å². The second-order valence-corrected chi connectivity index (χ2v) is 11.0. The maximum atomic E-state index is 13.5. The number of carbonyl (C=O) groups excluding carboxylic acids is 2. The van der Waals surface area contributed by atoms with Gasteiger partial charge in [-0.1, -0.05) is 0 Å². The minimum atomic E-state index is -0.531. The van der Waals surface area contributed by atoms with Crippen molar-refractivity contribution in [1.82, 2.24) is 24.8 Å². The highest BCUT2D eigenvalue weighted by Crippen LogP contribution is 2.35. The molecule has 2 atom stereocenters. The topological polar surface area (TPSA) is 94.7 Å². The number of ether oxygens (including phenoxy) is 1. The first kappa shape index (κ1) is 22.1. The van der Waals surface area contributed by atoms with Crippen LogP contribution in [0.5, 0.6) is 0 Å². The van der Waals surface area contributed by atoms with Crippen molar-refractivity contribution in [3.05, 3.63) is 29.7 Å². The van der Waals surface area contributed by atoms with E-state index in [1.807, 2.05) is 53.9 Å². The number of fused-ring (bicyclic) bond motifs is 2. The molecule has 33 heavy (non-hydrogen) atoms. The Balaban J connectivity index is 1.32. The van der Waals surface area contributed by atoms with Gasteiger partial charge in [-0.05, 0) is 45.6 Å². The van der Waals surface area contributed by atoms with Gasteiger partial charge in [0.15, 0.2) is 0 Å². The number of carbonyl (C=O) groups is 2. The van der Waals surface area contributed by atoms with E-state index < -0.39 is 5.60 Å². The molecule has 0 aliphatic carbocycles. The first-order valence-corrected chi connectivity index (χ1v) is 12.5. The quantitative estimate of drug-likeness (QED) is 0.720.